The van der Waals surface area contributed by atoms with E-state index in [1.165, 1.54) is 23.1 Å². The largest absolute Gasteiger partial charge is 0.475 e. The molecule has 4 rings (SSSR count). The highest BCUT2D eigenvalue weighted by Gasteiger charge is 2.13. The van der Waals surface area contributed by atoms with Gasteiger partial charge in [-0.1, -0.05) is 41.7 Å². The average molecular weight is 432 g/mol. The molecule has 3 aromatic heterocycles. The number of ether oxygens (including phenoxy) is 1. The van der Waals surface area contributed by atoms with Gasteiger partial charge in [-0.25, -0.2) is 4.98 Å². The maximum absolute atomic E-state index is 12.5. The molecule has 0 aliphatic carbocycles. The van der Waals surface area contributed by atoms with E-state index >= 15 is 0 Å². The second-order valence-corrected chi connectivity index (χ2v) is 7.92. The van der Waals surface area contributed by atoms with E-state index in [2.05, 4.69) is 37.6 Å². The van der Waals surface area contributed by atoms with Crippen molar-refractivity contribution in [2.45, 2.75) is 25.9 Å². The zero-order valence-electron chi connectivity index (χ0n) is 16.9. The number of hydrogen-bond donors (Lipinski definition) is 1. The third kappa shape index (κ3) is 5.70. The molecule has 0 saturated heterocycles. The molecule has 4 aromatic rings. The number of aromatic nitrogens is 4. The number of anilines is 1. The summed E-state index contributed by atoms with van der Waals surface area (Å²) in [5, 5.41) is 12.0. The lowest BCUT2D eigenvalue weighted by Gasteiger charge is -2.14. The summed E-state index contributed by atoms with van der Waals surface area (Å²) in [6, 6.07) is 17.4. The molecule has 0 bridgehead atoms. The van der Waals surface area contributed by atoms with Gasteiger partial charge in [-0.3, -0.25) is 15.1 Å². The number of benzene rings is 1. The number of aryl methyl sites for hydroxylation is 1. The standard InChI is InChI=1S/C23H21N5O2S/c1-16(7-8-17-5-3-2-4-6-17)30-20-10-9-19(15-25-20)21(29)26-23-28-27-22(31-23)18-11-13-24-14-12-18/h2-6,9-16H,7-8H2,1H3,(H,26,28,29)/t16-/m0/s1. The van der Waals surface area contributed by atoms with Crippen LogP contribution in [-0.4, -0.2) is 32.2 Å². The second kappa shape index (κ2) is 9.90. The molecule has 156 valence electrons. The van der Waals surface area contributed by atoms with E-state index in [0.717, 1.165) is 18.4 Å². The van der Waals surface area contributed by atoms with E-state index in [0.29, 0.717) is 21.6 Å². The van der Waals surface area contributed by atoms with E-state index in [1.54, 1.807) is 24.5 Å². The first kappa shape index (κ1) is 20.6. The average Bonchev–Trinajstić information content (AvgIpc) is 3.28. The van der Waals surface area contributed by atoms with Gasteiger partial charge in [0, 0.05) is 30.2 Å². The molecule has 0 aliphatic heterocycles. The molecular weight excluding hydrogens is 410 g/mol. The molecule has 8 heteroatoms. The van der Waals surface area contributed by atoms with E-state index in [4.69, 9.17) is 4.74 Å². The number of nitrogens with zero attached hydrogens (tertiary/aromatic N) is 4. The summed E-state index contributed by atoms with van der Waals surface area (Å²) in [6.45, 7) is 2.01. The van der Waals surface area contributed by atoms with Crippen molar-refractivity contribution in [1.82, 2.24) is 20.2 Å². The quantitative estimate of drug-likeness (QED) is 0.437. The molecule has 0 radical (unpaired) electrons. The van der Waals surface area contributed by atoms with Gasteiger partial charge in [0.15, 0.2) is 0 Å². The van der Waals surface area contributed by atoms with Crippen LogP contribution < -0.4 is 10.1 Å². The van der Waals surface area contributed by atoms with Crippen LogP contribution in [0.5, 0.6) is 5.88 Å². The number of carbonyl (C=O) groups excluding carboxylic acids is 1. The van der Waals surface area contributed by atoms with E-state index in [9.17, 15) is 4.79 Å². The summed E-state index contributed by atoms with van der Waals surface area (Å²) in [7, 11) is 0. The predicted octanol–water partition coefficient (Wildman–Crippen LogP) is 4.65. The molecule has 0 saturated carbocycles. The maximum atomic E-state index is 12.5. The zero-order chi connectivity index (χ0) is 21.5. The highest BCUT2D eigenvalue weighted by molar-refractivity contribution is 7.18. The Bertz CT molecular complexity index is 1120. The molecule has 31 heavy (non-hydrogen) atoms. The van der Waals surface area contributed by atoms with Crippen LogP contribution in [0.25, 0.3) is 10.6 Å². The molecule has 1 N–H and O–H groups in total. The van der Waals surface area contributed by atoms with Crippen LogP contribution in [-0.2, 0) is 6.42 Å². The van der Waals surface area contributed by atoms with Crippen molar-refractivity contribution in [2.75, 3.05) is 5.32 Å². The Hall–Kier alpha value is -3.65. The van der Waals surface area contributed by atoms with E-state index in [-0.39, 0.29) is 12.0 Å². The number of pyridine rings is 2. The number of amides is 1. The Morgan fingerprint density at radius 1 is 1.06 bits per heavy atom. The van der Waals surface area contributed by atoms with Gasteiger partial charge in [-0.2, -0.15) is 0 Å². The lowest BCUT2D eigenvalue weighted by molar-refractivity contribution is 0.102. The molecular formula is C23H21N5O2S. The minimum absolute atomic E-state index is 0.0142. The lowest BCUT2D eigenvalue weighted by Crippen LogP contribution is -2.15. The monoisotopic (exact) mass is 431 g/mol. The molecule has 1 atom stereocenters. The third-order valence-electron chi connectivity index (χ3n) is 4.58. The molecule has 0 spiro atoms. The van der Waals surface area contributed by atoms with Gasteiger partial charge in [-0.15, -0.1) is 10.2 Å². The fourth-order valence-corrected chi connectivity index (χ4v) is 3.66. The van der Waals surface area contributed by atoms with Gasteiger partial charge in [-0.05, 0) is 43.5 Å². The smallest absolute Gasteiger partial charge is 0.259 e. The summed E-state index contributed by atoms with van der Waals surface area (Å²) in [4.78, 5) is 20.7. The molecule has 0 fully saturated rings. The molecule has 1 aromatic carbocycles. The van der Waals surface area contributed by atoms with Crippen LogP contribution in [0, 0.1) is 0 Å². The van der Waals surface area contributed by atoms with Crippen molar-refractivity contribution >= 4 is 22.4 Å². The molecule has 1 amide bonds. The van der Waals surface area contributed by atoms with Gasteiger partial charge >= 0.3 is 0 Å². The topological polar surface area (TPSA) is 89.9 Å². The number of nitrogens with one attached hydrogen (secondary N) is 1. The van der Waals surface area contributed by atoms with Crippen molar-refractivity contribution in [2.24, 2.45) is 0 Å². The van der Waals surface area contributed by atoms with Gasteiger partial charge in [0.1, 0.15) is 5.01 Å². The Morgan fingerprint density at radius 2 is 1.87 bits per heavy atom. The molecule has 3 heterocycles. The lowest BCUT2D eigenvalue weighted by atomic mass is 10.1. The second-order valence-electron chi connectivity index (χ2n) is 6.94. The Kier molecular flexibility index (Phi) is 6.59. The highest BCUT2D eigenvalue weighted by Crippen LogP contribution is 2.26. The van der Waals surface area contributed by atoms with Crippen LogP contribution in [0.3, 0.4) is 0 Å². The summed E-state index contributed by atoms with van der Waals surface area (Å²) in [5.74, 6) is 0.196. The fraction of sp³-hybridized carbons (Fsp3) is 0.174. The first-order valence-electron chi connectivity index (χ1n) is 9.89. The summed E-state index contributed by atoms with van der Waals surface area (Å²) in [6.07, 6.45) is 6.70. The van der Waals surface area contributed by atoms with E-state index in [1.807, 2.05) is 37.3 Å². The van der Waals surface area contributed by atoms with Crippen LogP contribution in [0.4, 0.5) is 5.13 Å². The summed E-state index contributed by atoms with van der Waals surface area (Å²) >= 11 is 1.30. The first-order chi connectivity index (χ1) is 15.2. The van der Waals surface area contributed by atoms with Crippen LogP contribution in [0.15, 0.2) is 73.2 Å². The zero-order valence-corrected chi connectivity index (χ0v) is 17.7. The Labute approximate surface area is 184 Å². The van der Waals surface area contributed by atoms with E-state index < -0.39 is 0 Å². The molecule has 7 nitrogen and oxygen atoms in total. The number of hydrogen-bond acceptors (Lipinski definition) is 7. The number of rotatable bonds is 8. The van der Waals surface area contributed by atoms with Gasteiger partial charge < -0.3 is 4.74 Å². The van der Waals surface area contributed by atoms with Gasteiger partial charge in [0.2, 0.25) is 11.0 Å². The molecule has 0 unspecified atom stereocenters. The third-order valence-corrected chi connectivity index (χ3v) is 5.46. The SMILES string of the molecule is C[C@@H](CCc1ccccc1)Oc1ccc(C(=O)Nc2nnc(-c3ccncc3)s2)cn1. The van der Waals surface area contributed by atoms with Crippen LogP contribution in [0.2, 0.25) is 0 Å². The van der Waals surface area contributed by atoms with Crippen LogP contribution >= 0.6 is 11.3 Å². The van der Waals surface area contributed by atoms with Gasteiger partial charge in [0.25, 0.3) is 5.91 Å². The number of carbonyl (C=O) groups is 1. The van der Waals surface area contributed by atoms with Crippen molar-refractivity contribution < 1.29 is 9.53 Å². The predicted molar refractivity (Wildman–Crippen MR) is 120 cm³/mol. The highest BCUT2D eigenvalue weighted by atomic mass is 32.1. The maximum Gasteiger partial charge on any atom is 0.259 e. The van der Waals surface area contributed by atoms with Crippen LogP contribution in [0.1, 0.15) is 29.3 Å². The minimum atomic E-state index is -0.298. The Balaban J connectivity index is 1.30. The summed E-state index contributed by atoms with van der Waals surface area (Å²) < 4.78 is 5.87. The first-order valence-corrected chi connectivity index (χ1v) is 10.7. The van der Waals surface area contributed by atoms with Crippen molar-refractivity contribution in [3.63, 3.8) is 0 Å². The molecule has 0 aliphatic rings. The van der Waals surface area contributed by atoms with Crippen molar-refractivity contribution in [3.8, 4) is 16.5 Å². The fourth-order valence-electron chi connectivity index (χ4n) is 2.92. The minimum Gasteiger partial charge on any atom is -0.475 e. The normalized spacial score (nSPS) is 11.6. The van der Waals surface area contributed by atoms with Crippen molar-refractivity contribution in [3.05, 3.63) is 84.3 Å². The summed E-state index contributed by atoms with van der Waals surface area (Å²) in [5.41, 5.74) is 2.60. The Morgan fingerprint density at radius 3 is 2.61 bits per heavy atom. The van der Waals surface area contributed by atoms with Gasteiger partial charge in [0.05, 0.1) is 11.7 Å². The van der Waals surface area contributed by atoms with Crippen molar-refractivity contribution in [1.29, 1.82) is 0 Å².